The molecule has 5 nitrogen and oxygen atoms in total. The minimum Gasteiger partial charge on any atom is -0.436 e. The van der Waals surface area contributed by atoms with Crippen LogP contribution in [0.5, 0.6) is 0 Å². The molecule has 0 spiro atoms. The molecule has 130 valence electrons. The Balaban J connectivity index is 1.67. The van der Waals surface area contributed by atoms with E-state index in [1.807, 2.05) is 30.3 Å². The van der Waals surface area contributed by atoms with Gasteiger partial charge in [-0.3, -0.25) is 4.72 Å². The number of hydrogen-bond donors (Lipinski definition) is 1. The van der Waals surface area contributed by atoms with Gasteiger partial charge < -0.3 is 4.42 Å². The predicted octanol–water partition coefficient (Wildman–Crippen LogP) is 4.95. The van der Waals surface area contributed by atoms with Crippen molar-refractivity contribution in [2.75, 3.05) is 4.72 Å². The average Bonchev–Trinajstić information content (AvgIpc) is 3.05. The van der Waals surface area contributed by atoms with Crippen LogP contribution in [-0.4, -0.2) is 13.4 Å². The first-order chi connectivity index (χ1) is 12.5. The number of rotatable bonds is 4. The highest BCUT2D eigenvalue weighted by molar-refractivity contribution is 7.92. The van der Waals surface area contributed by atoms with Crippen molar-refractivity contribution in [3.63, 3.8) is 0 Å². The van der Waals surface area contributed by atoms with Crippen molar-refractivity contribution in [2.24, 2.45) is 0 Å². The molecule has 1 N–H and O–H groups in total. The molecular weight excluding hydrogens is 372 g/mol. The molecule has 1 heterocycles. The van der Waals surface area contributed by atoms with Crippen LogP contribution in [0.4, 0.5) is 5.69 Å². The van der Waals surface area contributed by atoms with Crippen molar-refractivity contribution in [2.45, 2.75) is 4.90 Å². The van der Waals surface area contributed by atoms with E-state index < -0.39 is 10.0 Å². The van der Waals surface area contributed by atoms with Crippen LogP contribution in [0.1, 0.15) is 0 Å². The van der Waals surface area contributed by atoms with E-state index in [0.717, 1.165) is 5.56 Å². The zero-order valence-electron chi connectivity index (χ0n) is 13.4. The van der Waals surface area contributed by atoms with E-state index in [9.17, 15) is 8.42 Å². The molecule has 0 aliphatic heterocycles. The Morgan fingerprint density at radius 2 is 1.73 bits per heavy atom. The summed E-state index contributed by atoms with van der Waals surface area (Å²) in [4.78, 5) is 4.53. The molecule has 0 saturated heterocycles. The number of aromatic nitrogens is 1. The fourth-order valence-electron chi connectivity index (χ4n) is 2.54. The largest absolute Gasteiger partial charge is 0.436 e. The Hall–Kier alpha value is -2.83. The van der Waals surface area contributed by atoms with E-state index in [1.165, 1.54) is 12.1 Å². The standard InChI is InChI=1S/C19H13ClN2O3S/c20-14-7-4-8-16(11-14)26(23,24)22-15-9-10-18-17(12-15)21-19(25-18)13-5-2-1-3-6-13/h1-12,22H. The smallest absolute Gasteiger partial charge is 0.261 e. The molecule has 0 radical (unpaired) electrons. The van der Waals surface area contributed by atoms with Gasteiger partial charge >= 0.3 is 0 Å². The third kappa shape index (κ3) is 3.29. The zero-order valence-corrected chi connectivity index (χ0v) is 15.0. The van der Waals surface area contributed by atoms with E-state index in [1.54, 1.807) is 30.3 Å². The summed E-state index contributed by atoms with van der Waals surface area (Å²) < 4.78 is 33.3. The third-order valence-electron chi connectivity index (χ3n) is 3.77. The number of anilines is 1. The van der Waals surface area contributed by atoms with Crippen molar-refractivity contribution in [1.82, 2.24) is 4.98 Å². The van der Waals surface area contributed by atoms with E-state index in [2.05, 4.69) is 9.71 Å². The van der Waals surface area contributed by atoms with Crippen molar-refractivity contribution < 1.29 is 12.8 Å². The Morgan fingerprint density at radius 1 is 0.923 bits per heavy atom. The van der Waals surface area contributed by atoms with E-state index in [0.29, 0.717) is 27.7 Å². The maximum Gasteiger partial charge on any atom is 0.261 e. The molecule has 0 saturated carbocycles. The van der Waals surface area contributed by atoms with Gasteiger partial charge in [0.25, 0.3) is 10.0 Å². The van der Waals surface area contributed by atoms with Gasteiger partial charge in [0.1, 0.15) is 5.52 Å². The van der Waals surface area contributed by atoms with Gasteiger partial charge in [-0.05, 0) is 48.5 Å². The Bertz CT molecular complexity index is 1190. The second kappa shape index (κ2) is 6.48. The van der Waals surface area contributed by atoms with Crippen molar-refractivity contribution in [3.8, 4) is 11.5 Å². The van der Waals surface area contributed by atoms with Crippen LogP contribution in [0.2, 0.25) is 5.02 Å². The van der Waals surface area contributed by atoms with Crippen LogP contribution in [-0.2, 0) is 10.0 Å². The highest BCUT2D eigenvalue weighted by Gasteiger charge is 2.16. The van der Waals surface area contributed by atoms with E-state index in [4.69, 9.17) is 16.0 Å². The fourth-order valence-corrected chi connectivity index (χ4v) is 3.89. The number of oxazole rings is 1. The molecule has 0 aliphatic carbocycles. The lowest BCUT2D eigenvalue weighted by molar-refractivity contribution is 0.601. The first-order valence-corrected chi connectivity index (χ1v) is 9.62. The average molecular weight is 385 g/mol. The molecule has 0 bridgehead atoms. The summed E-state index contributed by atoms with van der Waals surface area (Å²) in [7, 11) is -3.74. The first kappa shape index (κ1) is 16.6. The molecule has 0 atom stereocenters. The second-order valence-corrected chi connectivity index (χ2v) is 7.75. The van der Waals surface area contributed by atoms with Crippen LogP contribution in [0.25, 0.3) is 22.6 Å². The topological polar surface area (TPSA) is 72.2 Å². The number of benzene rings is 3. The van der Waals surface area contributed by atoms with Crippen LogP contribution < -0.4 is 4.72 Å². The molecular formula is C19H13ClN2O3S. The quantitative estimate of drug-likeness (QED) is 0.540. The summed E-state index contributed by atoms with van der Waals surface area (Å²) >= 11 is 5.88. The molecule has 1 aromatic heterocycles. The van der Waals surface area contributed by atoms with Gasteiger partial charge in [-0.2, -0.15) is 0 Å². The van der Waals surface area contributed by atoms with Gasteiger partial charge in [0.15, 0.2) is 5.58 Å². The number of fused-ring (bicyclic) bond motifs is 1. The maximum atomic E-state index is 12.5. The molecule has 0 aliphatic rings. The Morgan fingerprint density at radius 3 is 2.50 bits per heavy atom. The molecule has 4 aromatic rings. The molecule has 7 heteroatoms. The number of hydrogen-bond acceptors (Lipinski definition) is 4. The van der Waals surface area contributed by atoms with Crippen LogP contribution in [0.3, 0.4) is 0 Å². The highest BCUT2D eigenvalue weighted by Crippen LogP contribution is 2.27. The summed E-state index contributed by atoms with van der Waals surface area (Å²) in [6.07, 6.45) is 0. The van der Waals surface area contributed by atoms with Gasteiger partial charge in [0, 0.05) is 10.6 Å². The summed E-state index contributed by atoms with van der Waals surface area (Å²) in [6.45, 7) is 0. The number of sulfonamides is 1. The lowest BCUT2D eigenvalue weighted by atomic mass is 10.2. The lowest BCUT2D eigenvalue weighted by Crippen LogP contribution is -2.12. The summed E-state index contributed by atoms with van der Waals surface area (Å²) in [5, 5.41) is 0.354. The van der Waals surface area contributed by atoms with Crippen molar-refractivity contribution >= 4 is 38.4 Å². The molecule has 3 aromatic carbocycles. The van der Waals surface area contributed by atoms with Gasteiger partial charge in [-0.25, -0.2) is 13.4 Å². The van der Waals surface area contributed by atoms with Crippen molar-refractivity contribution in [1.29, 1.82) is 0 Å². The second-order valence-electron chi connectivity index (χ2n) is 5.63. The Kier molecular flexibility index (Phi) is 4.14. The molecule has 0 amide bonds. The van der Waals surface area contributed by atoms with Gasteiger partial charge in [0.05, 0.1) is 10.6 Å². The predicted molar refractivity (Wildman–Crippen MR) is 102 cm³/mol. The summed E-state index contributed by atoms with van der Waals surface area (Å²) in [5.41, 5.74) is 2.39. The fraction of sp³-hybridized carbons (Fsp3) is 0. The number of nitrogens with zero attached hydrogens (tertiary/aromatic N) is 1. The maximum absolute atomic E-state index is 12.5. The summed E-state index contributed by atoms with van der Waals surface area (Å²) in [5.74, 6) is 0.482. The van der Waals surface area contributed by atoms with Gasteiger partial charge in [-0.1, -0.05) is 35.9 Å². The molecule has 0 fully saturated rings. The molecule has 0 unspecified atom stereocenters. The van der Waals surface area contributed by atoms with Crippen LogP contribution in [0.15, 0.2) is 82.1 Å². The summed E-state index contributed by atoms with van der Waals surface area (Å²) in [6, 6.07) is 20.5. The first-order valence-electron chi connectivity index (χ1n) is 7.76. The monoisotopic (exact) mass is 384 g/mol. The van der Waals surface area contributed by atoms with Crippen LogP contribution >= 0.6 is 11.6 Å². The molecule has 26 heavy (non-hydrogen) atoms. The van der Waals surface area contributed by atoms with Crippen molar-refractivity contribution in [3.05, 3.63) is 77.8 Å². The Labute approximate surface area is 155 Å². The highest BCUT2D eigenvalue weighted by atomic mass is 35.5. The minimum absolute atomic E-state index is 0.0928. The van der Waals surface area contributed by atoms with Gasteiger partial charge in [0.2, 0.25) is 5.89 Å². The SMILES string of the molecule is O=S(=O)(Nc1ccc2oc(-c3ccccc3)nc2c1)c1cccc(Cl)c1. The zero-order chi connectivity index (χ0) is 18.1. The van der Waals surface area contributed by atoms with E-state index >= 15 is 0 Å². The normalized spacial score (nSPS) is 11.6. The lowest BCUT2D eigenvalue weighted by Gasteiger charge is -2.08. The molecule has 4 rings (SSSR count). The number of nitrogens with one attached hydrogen (secondary N) is 1. The van der Waals surface area contributed by atoms with Crippen LogP contribution in [0, 0.1) is 0 Å². The third-order valence-corrected chi connectivity index (χ3v) is 5.38. The number of halogens is 1. The minimum atomic E-state index is -3.74. The van der Waals surface area contributed by atoms with Gasteiger partial charge in [-0.15, -0.1) is 0 Å². The van der Waals surface area contributed by atoms with E-state index in [-0.39, 0.29) is 4.90 Å².